The van der Waals surface area contributed by atoms with Gasteiger partial charge in [-0.05, 0) is 66.3 Å². The summed E-state index contributed by atoms with van der Waals surface area (Å²) in [5, 5.41) is 21.0. The molecule has 2 aliphatic rings. The van der Waals surface area contributed by atoms with Crippen LogP contribution in [-0.4, -0.2) is 35.9 Å². The quantitative estimate of drug-likeness (QED) is 0.304. The van der Waals surface area contributed by atoms with Crippen molar-refractivity contribution in [3.63, 3.8) is 0 Å². The topological polar surface area (TPSA) is 73.4 Å². The molecule has 0 bridgehead atoms. The van der Waals surface area contributed by atoms with E-state index in [9.17, 15) is 18.7 Å². The van der Waals surface area contributed by atoms with Gasteiger partial charge in [0, 0.05) is 24.2 Å². The summed E-state index contributed by atoms with van der Waals surface area (Å²) < 4.78 is 27.9. The first-order chi connectivity index (χ1) is 18.5. The van der Waals surface area contributed by atoms with E-state index in [2.05, 4.69) is 61.0 Å². The zero-order valence-electron chi connectivity index (χ0n) is 23.7. The highest BCUT2D eigenvalue weighted by Gasteiger charge is 2.35. The predicted octanol–water partition coefficient (Wildman–Crippen LogP) is 6.23. The van der Waals surface area contributed by atoms with Gasteiger partial charge in [0.15, 0.2) is 0 Å². The fourth-order valence-electron chi connectivity index (χ4n) is 6.18. The van der Waals surface area contributed by atoms with Crippen molar-refractivity contribution in [2.75, 3.05) is 6.54 Å². The van der Waals surface area contributed by atoms with Gasteiger partial charge in [0.25, 0.3) is 0 Å². The lowest BCUT2D eigenvalue weighted by Gasteiger charge is -2.41. The fourth-order valence-corrected chi connectivity index (χ4v) is 6.18. The second kappa shape index (κ2) is 12.8. The Morgan fingerprint density at radius 1 is 1.00 bits per heavy atom. The van der Waals surface area contributed by atoms with E-state index in [4.69, 9.17) is 0 Å². The maximum absolute atomic E-state index is 13.9. The number of benzene rings is 2. The number of halogens is 2. The van der Waals surface area contributed by atoms with E-state index in [0.29, 0.717) is 5.56 Å². The van der Waals surface area contributed by atoms with Crippen LogP contribution in [0.25, 0.3) is 0 Å². The number of aliphatic hydroxyl groups excluding tert-OH is 1. The lowest BCUT2D eigenvalue weighted by molar-refractivity contribution is 0.105. The predicted molar refractivity (Wildman–Crippen MR) is 152 cm³/mol. The summed E-state index contributed by atoms with van der Waals surface area (Å²) in [7, 11) is 0. The van der Waals surface area contributed by atoms with Crippen molar-refractivity contribution in [2.45, 2.75) is 114 Å². The molecule has 5 nitrogen and oxygen atoms in total. The number of rotatable bonds is 9. The molecule has 0 aromatic heterocycles. The zero-order valence-corrected chi connectivity index (χ0v) is 23.7. The van der Waals surface area contributed by atoms with Gasteiger partial charge in [0.05, 0.1) is 12.1 Å². The normalized spacial score (nSPS) is 19.4. The Labute approximate surface area is 232 Å². The summed E-state index contributed by atoms with van der Waals surface area (Å²) in [5.74, 6) is -1.35. The molecule has 2 aliphatic carbocycles. The van der Waals surface area contributed by atoms with E-state index in [-0.39, 0.29) is 36.0 Å². The van der Waals surface area contributed by atoms with Crippen LogP contribution < -0.4 is 16.0 Å². The molecular formula is C32H45F2N3O2. The van der Waals surface area contributed by atoms with Gasteiger partial charge in [0.2, 0.25) is 0 Å². The number of nitrogens with one attached hydrogen (secondary N) is 3. The average Bonchev–Trinajstić information content (AvgIpc) is 3.39. The highest BCUT2D eigenvalue weighted by molar-refractivity contribution is 5.74. The molecule has 2 atom stereocenters. The Balaban J connectivity index is 1.52. The van der Waals surface area contributed by atoms with Crippen LogP contribution in [0, 0.1) is 11.6 Å². The first kappa shape index (κ1) is 29.5. The molecule has 4 rings (SSSR count). The van der Waals surface area contributed by atoms with Crippen LogP contribution in [0.15, 0.2) is 42.5 Å². The van der Waals surface area contributed by atoms with Gasteiger partial charge in [-0.15, -0.1) is 0 Å². The highest BCUT2D eigenvalue weighted by atomic mass is 19.1. The van der Waals surface area contributed by atoms with Crippen molar-refractivity contribution in [1.29, 1.82) is 0 Å². The molecule has 2 aromatic carbocycles. The third kappa shape index (κ3) is 8.01. The summed E-state index contributed by atoms with van der Waals surface area (Å²) in [6.45, 7) is 6.86. The Morgan fingerprint density at radius 3 is 2.31 bits per heavy atom. The second-order valence-electron chi connectivity index (χ2n) is 12.6. The summed E-state index contributed by atoms with van der Waals surface area (Å²) in [6, 6.07) is 11.1. The first-order valence-electron chi connectivity index (χ1n) is 14.6. The number of hydrogen-bond donors (Lipinski definition) is 4. The van der Waals surface area contributed by atoms with Crippen molar-refractivity contribution in [2.24, 2.45) is 0 Å². The van der Waals surface area contributed by atoms with Crippen molar-refractivity contribution in [3.05, 3.63) is 70.8 Å². The highest BCUT2D eigenvalue weighted by Crippen LogP contribution is 2.38. The Hall–Kier alpha value is -2.51. The minimum absolute atomic E-state index is 0.0211. The molecule has 2 aromatic rings. The van der Waals surface area contributed by atoms with Crippen molar-refractivity contribution >= 4 is 6.03 Å². The standard InChI is InChI=1S/C32H45F2N3O2/c1-31(2,3)23-10-9-11-24(19-23)32(14-7-4-8-15-32)35-21-29(38)28(18-22-16-25(33)20-26(34)17-22)37-30(39)36-27-12-5-6-13-27/h9-11,16-17,19-20,27-29,35,38H,4-8,12-15,18,21H2,1-3H3,(H2,36,37,39). The van der Waals surface area contributed by atoms with Gasteiger partial charge >= 0.3 is 6.03 Å². The van der Waals surface area contributed by atoms with E-state index in [0.717, 1.165) is 57.4 Å². The van der Waals surface area contributed by atoms with Gasteiger partial charge in [-0.25, -0.2) is 13.6 Å². The Morgan fingerprint density at radius 2 is 1.67 bits per heavy atom. The van der Waals surface area contributed by atoms with E-state index in [1.165, 1.54) is 29.7 Å². The van der Waals surface area contributed by atoms with Crippen LogP contribution in [0.1, 0.15) is 95.2 Å². The molecule has 0 saturated heterocycles. The molecule has 2 fully saturated rings. The summed E-state index contributed by atoms with van der Waals surface area (Å²) in [6.07, 6.45) is 8.49. The van der Waals surface area contributed by atoms with Gasteiger partial charge < -0.3 is 21.1 Å². The minimum atomic E-state index is -0.963. The number of aliphatic hydroxyl groups is 1. The smallest absolute Gasteiger partial charge is 0.315 e. The molecule has 4 N–H and O–H groups in total. The molecular weight excluding hydrogens is 496 g/mol. The van der Waals surface area contributed by atoms with E-state index < -0.39 is 23.8 Å². The minimum Gasteiger partial charge on any atom is -0.390 e. The molecule has 7 heteroatoms. The van der Waals surface area contributed by atoms with Crippen LogP contribution in [0.4, 0.5) is 13.6 Å². The number of carbonyl (C=O) groups excluding carboxylic acids is 1. The molecule has 2 unspecified atom stereocenters. The molecule has 0 aliphatic heterocycles. The van der Waals surface area contributed by atoms with E-state index in [1.54, 1.807) is 0 Å². The van der Waals surface area contributed by atoms with Gasteiger partial charge in [-0.3, -0.25) is 0 Å². The van der Waals surface area contributed by atoms with Crippen LogP contribution in [-0.2, 0) is 17.4 Å². The van der Waals surface area contributed by atoms with Crippen molar-refractivity contribution < 1.29 is 18.7 Å². The Kier molecular flexibility index (Phi) is 9.65. The third-order valence-electron chi connectivity index (χ3n) is 8.49. The molecule has 214 valence electrons. The van der Waals surface area contributed by atoms with Crippen LogP contribution in [0.5, 0.6) is 0 Å². The molecule has 39 heavy (non-hydrogen) atoms. The lowest BCUT2D eigenvalue weighted by Crippen LogP contribution is -2.55. The third-order valence-corrected chi connectivity index (χ3v) is 8.49. The molecule has 2 amide bonds. The first-order valence-corrected chi connectivity index (χ1v) is 14.6. The maximum atomic E-state index is 13.9. The second-order valence-corrected chi connectivity index (χ2v) is 12.6. The monoisotopic (exact) mass is 541 g/mol. The fraction of sp³-hybridized carbons (Fsp3) is 0.594. The summed E-state index contributed by atoms with van der Waals surface area (Å²) in [4.78, 5) is 12.9. The number of amides is 2. The molecule has 0 heterocycles. The zero-order chi connectivity index (χ0) is 28.0. The number of carbonyl (C=O) groups is 1. The van der Waals surface area contributed by atoms with Gasteiger partial charge in [-0.1, -0.05) is 77.1 Å². The number of hydrogen-bond acceptors (Lipinski definition) is 3. The lowest BCUT2D eigenvalue weighted by atomic mass is 9.74. The van der Waals surface area contributed by atoms with E-state index in [1.807, 2.05) is 0 Å². The van der Waals surface area contributed by atoms with Crippen LogP contribution in [0.3, 0.4) is 0 Å². The molecule has 0 radical (unpaired) electrons. The van der Waals surface area contributed by atoms with Crippen LogP contribution >= 0.6 is 0 Å². The summed E-state index contributed by atoms with van der Waals surface area (Å²) in [5.41, 5.74) is 2.62. The van der Waals surface area contributed by atoms with Crippen LogP contribution in [0.2, 0.25) is 0 Å². The molecule has 2 saturated carbocycles. The van der Waals surface area contributed by atoms with Crippen molar-refractivity contribution in [3.8, 4) is 0 Å². The SMILES string of the molecule is CC(C)(C)c1cccc(C2(NCC(O)C(Cc3cc(F)cc(F)c3)NC(=O)NC3CCCC3)CCCCC2)c1. The maximum Gasteiger partial charge on any atom is 0.315 e. The number of urea groups is 1. The van der Waals surface area contributed by atoms with Crippen molar-refractivity contribution in [1.82, 2.24) is 16.0 Å². The van der Waals surface area contributed by atoms with E-state index >= 15 is 0 Å². The molecule has 0 spiro atoms. The Bertz CT molecular complexity index is 1080. The summed E-state index contributed by atoms with van der Waals surface area (Å²) >= 11 is 0. The van der Waals surface area contributed by atoms with Gasteiger partial charge in [-0.2, -0.15) is 0 Å². The largest absolute Gasteiger partial charge is 0.390 e. The van der Waals surface area contributed by atoms with Gasteiger partial charge in [0.1, 0.15) is 11.6 Å². The average molecular weight is 542 g/mol.